The number of halogens is 2. The maximum atomic E-state index is 13.6. The van der Waals surface area contributed by atoms with Crippen molar-refractivity contribution < 1.29 is 14.3 Å². The molecule has 37 heavy (non-hydrogen) atoms. The van der Waals surface area contributed by atoms with Gasteiger partial charge in [-0.2, -0.15) is 0 Å². The highest BCUT2D eigenvalue weighted by Crippen LogP contribution is 2.26. The van der Waals surface area contributed by atoms with Crippen molar-refractivity contribution in [2.24, 2.45) is 0 Å². The average Bonchev–Trinajstić information content (AvgIpc) is 2.87. The number of carbonyl (C=O) groups is 2. The van der Waals surface area contributed by atoms with Gasteiger partial charge in [-0.25, -0.2) is 0 Å². The molecule has 7 heteroatoms. The molecule has 0 spiro atoms. The Morgan fingerprint density at radius 3 is 2.19 bits per heavy atom. The standard InChI is InChI=1S/C30H34Cl2N2O3/c1-5-33-29(36)27(18-21-9-7-6-8-10-21)34(19-22-11-16-25(31)26(32)17-22)28(35)20-37-24-14-12-23(13-15-24)30(2,3)4/h6-17,27H,5,18-20H2,1-4H3,(H,33,36)/t27-/m1/s1. The lowest BCUT2D eigenvalue weighted by Gasteiger charge is -2.31. The van der Waals surface area contributed by atoms with Crippen LogP contribution in [0.3, 0.4) is 0 Å². The van der Waals surface area contributed by atoms with Gasteiger partial charge < -0.3 is 15.0 Å². The molecule has 0 aliphatic heterocycles. The van der Waals surface area contributed by atoms with Crippen molar-refractivity contribution in [3.63, 3.8) is 0 Å². The zero-order chi connectivity index (χ0) is 27.0. The largest absolute Gasteiger partial charge is 0.484 e. The maximum absolute atomic E-state index is 13.6. The van der Waals surface area contributed by atoms with E-state index in [2.05, 4.69) is 26.1 Å². The minimum Gasteiger partial charge on any atom is -0.484 e. The van der Waals surface area contributed by atoms with Crippen LogP contribution in [-0.2, 0) is 28.0 Å². The monoisotopic (exact) mass is 540 g/mol. The molecule has 0 radical (unpaired) electrons. The van der Waals surface area contributed by atoms with Crippen molar-refractivity contribution in [3.05, 3.63) is 99.5 Å². The Morgan fingerprint density at radius 2 is 1.59 bits per heavy atom. The van der Waals surface area contributed by atoms with E-state index in [1.807, 2.05) is 61.5 Å². The van der Waals surface area contributed by atoms with Gasteiger partial charge in [0, 0.05) is 19.5 Å². The Balaban J connectivity index is 1.88. The second kappa shape index (κ2) is 13.0. The fraction of sp³-hybridized carbons (Fsp3) is 0.333. The van der Waals surface area contributed by atoms with Gasteiger partial charge in [0.2, 0.25) is 5.91 Å². The summed E-state index contributed by atoms with van der Waals surface area (Å²) in [4.78, 5) is 28.4. The molecule has 0 saturated carbocycles. The number of carbonyl (C=O) groups excluding carboxylic acids is 2. The molecule has 1 N–H and O–H groups in total. The van der Waals surface area contributed by atoms with E-state index in [1.54, 1.807) is 23.1 Å². The Morgan fingerprint density at radius 1 is 0.919 bits per heavy atom. The highest BCUT2D eigenvalue weighted by atomic mass is 35.5. The van der Waals surface area contributed by atoms with Crippen LogP contribution >= 0.6 is 23.2 Å². The summed E-state index contributed by atoms with van der Waals surface area (Å²) in [6.07, 6.45) is 0.361. The van der Waals surface area contributed by atoms with Crippen molar-refractivity contribution in [1.82, 2.24) is 10.2 Å². The van der Waals surface area contributed by atoms with Gasteiger partial charge in [0.1, 0.15) is 11.8 Å². The minimum atomic E-state index is -0.740. The number of hydrogen-bond acceptors (Lipinski definition) is 3. The summed E-state index contributed by atoms with van der Waals surface area (Å²) in [5, 5.41) is 3.69. The smallest absolute Gasteiger partial charge is 0.261 e. The van der Waals surface area contributed by atoms with Crippen LogP contribution in [0, 0.1) is 0 Å². The van der Waals surface area contributed by atoms with Gasteiger partial charge in [-0.05, 0) is 53.3 Å². The molecule has 0 aliphatic rings. The highest BCUT2D eigenvalue weighted by molar-refractivity contribution is 6.42. The molecule has 0 aromatic heterocycles. The fourth-order valence-electron chi connectivity index (χ4n) is 3.96. The normalized spacial score (nSPS) is 12.1. The van der Waals surface area contributed by atoms with E-state index in [-0.39, 0.29) is 30.4 Å². The molecule has 2 amide bonds. The van der Waals surface area contributed by atoms with Crippen LogP contribution in [0.5, 0.6) is 5.75 Å². The van der Waals surface area contributed by atoms with Crippen molar-refractivity contribution in [1.29, 1.82) is 0 Å². The number of nitrogens with one attached hydrogen (secondary N) is 1. The van der Waals surface area contributed by atoms with Crippen molar-refractivity contribution >= 4 is 35.0 Å². The van der Waals surface area contributed by atoms with Gasteiger partial charge in [0.25, 0.3) is 5.91 Å². The third-order valence-corrected chi connectivity index (χ3v) is 6.78. The summed E-state index contributed by atoms with van der Waals surface area (Å²) in [6, 6.07) is 21.8. The number of amides is 2. The van der Waals surface area contributed by atoms with Crippen LogP contribution in [-0.4, -0.2) is 35.9 Å². The first-order valence-electron chi connectivity index (χ1n) is 12.4. The SMILES string of the molecule is CCNC(=O)[C@@H](Cc1ccccc1)N(Cc1ccc(Cl)c(Cl)c1)C(=O)COc1ccc(C(C)(C)C)cc1. The summed E-state index contributed by atoms with van der Waals surface area (Å²) in [6.45, 7) is 8.70. The molecular weight excluding hydrogens is 507 g/mol. The Hall–Kier alpha value is -3.02. The molecule has 0 bridgehead atoms. The molecule has 0 saturated heterocycles. The summed E-state index contributed by atoms with van der Waals surface area (Å²) in [5.74, 6) is 0.0564. The first-order chi connectivity index (χ1) is 17.6. The quantitative estimate of drug-likeness (QED) is 0.321. The molecule has 3 rings (SSSR count). The molecule has 196 valence electrons. The number of nitrogens with zero attached hydrogens (tertiary/aromatic N) is 1. The van der Waals surface area contributed by atoms with Crippen LogP contribution in [0.2, 0.25) is 10.0 Å². The summed E-state index contributed by atoms with van der Waals surface area (Å²) in [5.41, 5.74) is 2.90. The number of likely N-dealkylation sites (N-methyl/N-ethyl adjacent to an activating group) is 1. The number of ether oxygens (including phenoxy) is 1. The van der Waals surface area contributed by atoms with E-state index < -0.39 is 6.04 Å². The number of benzene rings is 3. The molecular formula is C30H34Cl2N2O3. The van der Waals surface area contributed by atoms with Gasteiger partial charge in [-0.15, -0.1) is 0 Å². The van der Waals surface area contributed by atoms with Gasteiger partial charge in [-0.1, -0.05) is 92.5 Å². The Bertz CT molecular complexity index is 1190. The molecule has 0 aliphatic carbocycles. The van der Waals surface area contributed by atoms with Crippen molar-refractivity contribution in [2.45, 2.75) is 52.1 Å². The zero-order valence-corrected chi connectivity index (χ0v) is 23.3. The van der Waals surface area contributed by atoms with Crippen LogP contribution in [0.25, 0.3) is 0 Å². The fourth-order valence-corrected chi connectivity index (χ4v) is 4.28. The predicted molar refractivity (Wildman–Crippen MR) is 150 cm³/mol. The van der Waals surface area contributed by atoms with E-state index in [9.17, 15) is 9.59 Å². The van der Waals surface area contributed by atoms with Gasteiger partial charge in [0.05, 0.1) is 10.0 Å². The van der Waals surface area contributed by atoms with Crippen LogP contribution < -0.4 is 10.1 Å². The van der Waals surface area contributed by atoms with Gasteiger partial charge in [-0.3, -0.25) is 9.59 Å². The van der Waals surface area contributed by atoms with Crippen LogP contribution in [0.4, 0.5) is 0 Å². The number of rotatable bonds is 10. The van der Waals surface area contributed by atoms with Gasteiger partial charge >= 0.3 is 0 Å². The molecule has 0 fully saturated rings. The van der Waals surface area contributed by atoms with E-state index in [1.165, 1.54) is 5.56 Å². The Kier molecular flexibility index (Phi) is 10.0. The third-order valence-electron chi connectivity index (χ3n) is 6.04. The number of hydrogen-bond donors (Lipinski definition) is 1. The van der Waals surface area contributed by atoms with E-state index in [0.717, 1.165) is 11.1 Å². The second-order valence-electron chi connectivity index (χ2n) is 9.93. The minimum absolute atomic E-state index is 0.0162. The molecule has 5 nitrogen and oxygen atoms in total. The second-order valence-corrected chi connectivity index (χ2v) is 10.7. The lowest BCUT2D eigenvalue weighted by Crippen LogP contribution is -2.51. The van der Waals surface area contributed by atoms with Crippen LogP contribution in [0.15, 0.2) is 72.8 Å². The van der Waals surface area contributed by atoms with Crippen molar-refractivity contribution in [3.8, 4) is 5.75 Å². The van der Waals surface area contributed by atoms with E-state index in [4.69, 9.17) is 27.9 Å². The topological polar surface area (TPSA) is 58.6 Å². The summed E-state index contributed by atoms with van der Waals surface area (Å²) in [7, 11) is 0. The van der Waals surface area contributed by atoms with Crippen molar-refractivity contribution in [2.75, 3.05) is 13.2 Å². The van der Waals surface area contributed by atoms with E-state index in [0.29, 0.717) is 28.8 Å². The molecule has 1 atom stereocenters. The van der Waals surface area contributed by atoms with Crippen LogP contribution in [0.1, 0.15) is 44.4 Å². The summed E-state index contributed by atoms with van der Waals surface area (Å²) >= 11 is 12.3. The summed E-state index contributed by atoms with van der Waals surface area (Å²) < 4.78 is 5.87. The third kappa shape index (κ3) is 8.24. The van der Waals surface area contributed by atoms with E-state index >= 15 is 0 Å². The first-order valence-corrected chi connectivity index (χ1v) is 13.1. The lowest BCUT2D eigenvalue weighted by molar-refractivity contribution is -0.142. The Labute approximate surface area is 229 Å². The first kappa shape index (κ1) is 28.5. The molecule has 3 aromatic rings. The lowest BCUT2D eigenvalue weighted by atomic mass is 9.87. The molecule has 3 aromatic carbocycles. The highest BCUT2D eigenvalue weighted by Gasteiger charge is 2.30. The maximum Gasteiger partial charge on any atom is 0.261 e. The molecule has 0 heterocycles. The zero-order valence-electron chi connectivity index (χ0n) is 21.8. The predicted octanol–water partition coefficient (Wildman–Crippen LogP) is 6.45. The average molecular weight is 542 g/mol. The molecule has 0 unspecified atom stereocenters. The van der Waals surface area contributed by atoms with Gasteiger partial charge in [0.15, 0.2) is 6.61 Å².